The summed E-state index contributed by atoms with van der Waals surface area (Å²) in [5.41, 5.74) is 5.32. The smallest absolute Gasteiger partial charge is 0.131 e. The predicted molar refractivity (Wildman–Crippen MR) is 150 cm³/mol. The summed E-state index contributed by atoms with van der Waals surface area (Å²) in [5.74, 6) is 2.71. The van der Waals surface area contributed by atoms with Crippen LogP contribution in [-0.4, -0.2) is 54.1 Å². The zero-order valence-corrected chi connectivity index (χ0v) is 22.3. The van der Waals surface area contributed by atoms with E-state index < -0.39 is 0 Å². The lowest BCUT2D eigenvalue weighted by Crippen LogP contribution is -2.29. The summed E-state index contributed by atoms with van der Waals surface area (Å²) in [6.07, 6.45) is 5.36. The van der Waals surface area contributed by atoms with Crippen molar-refractivity contribution in [2.45, 2.75) is 45.6 Å². The minimum Gasteiger partial charge on any atom is -0.508 e. The largest absolute Gasteiger partial charge is 0.508 e. The van der Waals surface area contributed by atoms with Crippen molar-refractivity contribution in [3.8, 4) is 28.7 Å². The van der Waals surface area contributed by atoms with Crippen molar-refractivity contribution in [1.29, 1.82) is 0 Å². The maximum Gasteiger partial charge on any atom is 0.131 e. The molecule has 3 heterocycles. The molecule has 0 aromatic heterocycles. The normalized spacial score (nSPS) is 18.4. The van der Waals surface area contributed by atoms with Crippen LogP contribution in [0.2, 0.25) is 0 Å². The number of phenolic OH excluding ortho intramolecular Hbond substituents is 2. The van der Waals surface area contributed by atoms with Crippen LogP contribution in [0.4, 0.5) is 0 Å². The lowest BCUT2D eigenvalue weighted by Gasteiger charge is -2.33. The zero-order valence-electron chi connectivity index (χ0n) is 22.3. The number of rotatable bonds is 4. The Balaban J connectivity index is 0.000000159. The molecule has 6 nitrogen and oxygen atoms in total. The van der Waals surface area contributed by atoms with E-state index in [1.807, 2.05) is 19.1 Å². The van der Waals surface area contributed by atoms with Crippen LogP contribution < -0.4 is 14.2 Å². The SMILES string of the molecule is CC1Oc2cc(O)ccc2C2=C1c1ccc(O)cc1OC2.Cc1ccc(OCCN2CCCCCC2)cc1. The number of hydrogen-bond donors (Lipinski definition) is 2. The molecule has 1 unspecified atom stereocenters. The van der Waals surface area contributed by atoms with Crippen LogP contribution in [0.1, 0.15) is 49.3 Å². The van der Waals surface area contributed by atoms with E-state index in [0.29, 0.717) is 18.1 Å². The highest BCUT2D eigenvalue weighted by molar-refractivity contribution is 5.99. The third kappa shape index (κ3) is 6.08. The molecular weight excluding hydrogens is 478 g/mol. The molecule has 0 amide bonds. The zero-order chi connectivity index (χ0) is 26.5. The second-order valence-electron chi connectivity index (χ2n) is 10.2. The van der Waals surface area contributed by atoms with Gasteiger partial charge in [-0.3, -0.25) is 4.90 Å². The number of benzene rings is 3. The van der Waals surface area contributed by atoms with Crippen LogP contribution in [0.15, 0.2) is 60.7 Å². The number of aromatic hydroxyl groups is 2. The van der Waals surface area contributed by atoms with Crippen molar-refractivity contribution in [3.05, 3.63) is 77.4 Å². The van der Waals surface area contributed by atoms with Gasteiger partial charge in [0.15, 0.2) is 0 Å². The number of aryl methyl sites for hydroxylation is 1. The molecule has 0 bridgehead atoms. The molecule has 3 aromatic carbocycles. The van der Waals surface area contributed by atoms with Gasteiger partial charge in [0.2, 0.25) is 0 Å². The van der Waals surface area contributed by atoms with Gasteiger partial charge in [0.25, 0.3) is 0 Å². The van der Waals surface area contributed by atoms with E-state index in [9.17, 15) is 10.2 Å². The second kappa shape index (κ2) is 11.8. The van der Waals surface area contributed by atoms with Gasteiger partial charge in [0.1, 0.15) is 48.1 Å². The van der Waals surface area contributed by atoms with Gasteiger partial charge in [-0.1, -0.05) is 30.5 Å². The maximum atomic E-state index is 9.60. The molecule has 0 saturated carbocycles. The molecule has 1 saturated heterocycles. The van der Waals surface area contributed by atoms with Crippen molar-refractivity contribution in [1.82, 2.24) is 4.90 Å². The van der Waals surface area contributed by atoms with Gasteiger partial charge in [-0.05, 0) is 76.2 Å². The third-order valence-corrected chi connectivity index (χ3v) is 7.35. The molecule has 1 atom stereocenters. The Bertz CT molecular complexity index is 1280. The fourth-order valence-corrected chi connectivity index (χ4v) is 5.32. The van der Waals surface area contributed by atoms with Crippen LogP contribution in [0.5, 0.6) is 28.7 Å². The molecule has 0 aliphatic carbocycles. The molecule has 0 radical (unpaired) electrons. The van der Waals surface area contributed by atoms with Crippen LogP contribution in [0, 0.1) is 6.92 Å². The topological polar surface area (TPSA) is 71.4 Å². The highest BCUT2D eigenvalue weighted by atomic mass is 16.5. The van der Waals surface area contributed by atoms with Crippen molar-refractivity contribution in [2.24, 2.45) is 0 Å². The van der Waals surface area contributed by atoms with Crippen LogP contribution in [0.3, 0.4) is 0 Å². The summed E-state index contributed by atoms with van der Waals surface area (Å²) in [5, 5.41) is 19.2. The average Bonchev–Trinajstić information content (AvgIpc) is 3.18. The first-order valence-corrected chi connectivity index (χ1v) is 13.6. The fraction of sp³-hybridized carbons (Fsp3) is 0.375. The third-order valence-electron chi connectivity index (χ3n) is 7.35. The maximum absolute atomic E-state index is 9.60. The minimum absolute atomic E-state index is 0.138. The van der Waals surface area contributed by atoms with Gasteiger partial charge in [0, 0.05) is 41.0 Å². The summed E-state index contributed by atoms with van der Waals surface area (Å²) < 4.78 is 17.5. The predicted octanol–water partition coefficient (Wildman–Crippen LogP) is 6.43. The monoisotopic (exact) mass is 515 g/mol. The van der Waals surface area contributed by atoms with Gasteiger partial charge in [0.05, 0.1) is 0 Å². The molecule has 1 fully saturated rings. The van der Waals surface area contributed by atoms with Crippen LogP contribution in [0.25, 0.3) is 11.1 Å². The summed E-state index contributed by atoms with van der Waals surface area (Å²) in [6, 6.07) is 18.6. The molecule has 38 heavy (non-hydrogen) atoms. The first-order chi connectivity index (χ1) is 18.5. The summed E-state index contributed by atoms with van der Waals surface area (Å²) in [6.45, 7) is 8.87. The number of likely N-dealkylation sites (tertiary alicyclic amines) is 1. The summed E-state index contributed by atoms with van der Waals surface area (Å²) in [7, 11) is 0. The van der Waals surface area contributed by atoms with E-state index in [0.717, 1.165) is 41.2 Å². The molecule has 200 valence electrons. The first kappa shape index (κ1) is 26.0. The van der Waals surface area contributed by atoms with Crippen molar-refractivity contribution < 1.29 is 24.4 Å². The van der Waals surface area contributed by atoms with Gasteiger partial charge >= 0.3 is 0 Å². The molecule has 6 rings (SSSR count). The highest BCUT2D eigenvalue weighted by Crippen LogP contribution is 2.47. The summed E-state index contributed by atoms with van der Waals surface area (Å²) in [4.78, 5) is 2.53. The van der Waals surface area contributed by atoms with E-state index in [4.69, 9.17) is 14.2 Å². The van der Waals surface area contributed by atoms with Gasteiger partial charge in [-0.25, -0.2) is 0 Å². The average molecular weight is 516 g/mol. The van der Waals surface area contributed by atoms with Crippen LogP contribution in [-0.2, 0) is 0 Å². The first-order valence-electron chi connectivity index (χ1n) is 13.6. The number of phenols is 2. The molecule has 0 spiro atoms. The van der Waals surface area contributed by atoms with Crippen LogP contribution >= 0.6 is 0 Å². The Kier molecular flexibility index (Phi) is 8.08. The molecule has 3 aromatic rings. The van der Waals surface area contributed by atoms with Gasteiger partial charge < -0.3 is 24.4 Å². The quantitative estimate of drug-likeness (QED) is 0.417. The molecule has 3 aliphatic heterocycles. The van der Waals surface area contributed by atoms with E-state index in [1.54, 1.807) is 24.3 Å². The fourth-order valence-electron chi connectivity index (χ4n) is 5.32. The lowest BCUT2D eigenvalue weighted by molar-refractivity contribution is 0.214. The number of nitrogens with zero attached hydrogens (tertiary/aromatic N) is 1. The minimum atomic E-state index is -0.138. The second-order valence-corrected chi connectivity index (χ2v) is 10.2. The standard InChI is InChI=1S/C17H14O4.C15H23NO/c1-9-17-13-5-3-10(18)6-15(13)20-8-14(17)12-4-2-11(19)7-16(12)21-9;1-14-6-8-15(9-7-14)17-13-12-16-10-4-2-3-5-11-16/h2-7,9,18-19H,8H2,1H3;6-9H,2-5,10-13H2,1H3. The van der Waals surface area contributed by atoms with E-state index >= 15 is 0 Å². The highest BCUT2D eigenvalue weighted by Gasteiger charge is 2.32. The van der Waals surface area contributed by atoms with E-state index in [-0.39, 0.29) is 17.6 Å². The number of ether oxygens (including phenoxy) is 3. The Labute approximate surface area is 225 Å². The molecular formula is C32H37NO5. The Morgan fingerprint density at radius 2 is 1.50 bits per heavy atom. The van der Waals surface area contributed by atoms with Crippen molar-refractivity contribution in [2.75, 3.05) is 32.8 Å². The lowest BCUT2D eigenvalue weighted by atomic mass is 9.87. The Morgan fingerprint density at radius 1 is 0.842 bits per heavy atom. The number of hydrogen-bond acceptors (Lipinski definition) is 6. The number of fused-ring (bicyclic) bond motifs is 4. The Hall–Kier alpha value is -3.64. The van der Waals surface area contributed by atoms with E-state index in [1.165, 1.54) is 44.3 Å². The molecule has 6 heteroatoms. The molecule has 3 aliphatic rings. The van der Waals surface area contributed by atoms with Crippen molar-refractivity contribution >= 4 is 11.1 Å². The van der Waals surface area contributed by atoms with Gasteiger partial charge in [-0.2, -0.15) is 0 Å². The van der Waals surface area contributed by atoms with E-state index in [2.05, 4.69) is 36.1 Å². The molecule has 2 N–H and O–H groups in total. The summed E-state index contributed by atoms with van der Waals surface area (Å²) >= 11 is 0. The Morgan fingerprint density at radius 3 is 2.21 bits per heavy atom. The van der Waals surface area contributed by atoms with Crippen molar-refractivity contribution in [3.63, 3.8) is 0 Å². The van der Waals surface area contributed by atoms with Gasteiger partial charge in [-0.15, -0.1) is 0 Å².